The molecule has 0 spiro atoms. The second kappa shape index (κ2) is 6.38. The van der Waals surface area contributed by atoms with Gasteiger partial charge in [0.15, 0.2) is 6.30 Å². The molecule has 3 heteroatoms. The maximum absolute atomic E-state index is 13.0. The maximum Gasteiger partial charge on any atom is 0.166 e. The normalized spacial score (nSPS) is 25.0. The average molecular weight is 176 g/mol. The predicted molar refractivity (Wildman–Crippen MR) is 51.0 cm³/mol. The molecular formula is C9H21FN2. The van der Waals surface area contributed by atoms with E-state index in [1.807, 2.05) is 32.6 Å². The molecule has 0 saturated carbocycles. The molecule has 1 aliphatic rings. The van der Waals surface area contributed by atoms with E-state index in [2.05, 4.69) is 5.32 Å². The summed E-state index contributed by atoms with van der Waals surface area (Å²) in [7, 11) is 0. The van der Waals surface area contributed by atoms with Crippen LogP contribution in [-0.4, -0.2) is 36.9 Å². The van der Waals surface area contributed by atoms with Crippen molar-refractivity contribution in [1.82, 2.24) is 10.2 Å². The molecule has 0 aliphatic carbocycles. The second-order valence-electron chi connectivity index (χ2n) is 2.97. The summed E-state index contributed by atoms with van der Waals surface area (Å²) in [6.07, 6.45) is -0.784. The predicted octanol–water partition coefficient (Wildman–Crippen LogP) is 1.62. The Kier molecular flexibility index (Phi) is 6.30. The zero-order chi connectivity index (χ0) is 9.56. The summed E-state index contributed by atoms with van der Waals surface area (Å²) >= 11 is 0. The van der Waals surface area contributed by atoms with Crippen LogP contribution in [0.25, 0.3) is 0 Å². The van der Waals surface area contributed by atoms with Gasteiger partial charge in [0.2, 0.25) is 0 Å². The standard InChI is InChI=1S/C7H15FN2.C2H6/c1-6(2)10-4-3-9-5-7(10)8;1-2/h6-7,9H,3-5H2,1-2H3;1-2H3. The summed E-state index contributed by atoms with van der Waals surface area (Å²) in [5, 5.41) is 3.00. The Bertz CT molecular complexity index is 107. The first-order valence-electron chi connectivity index (χ1n) is 4.82. The molecule has 1 N–H and O–H groups in total. The van der Waals surface area contributed by atoms with Crippen molar-refractivity contribution in [3.8, 4) is 0 Å². The van der Waals surface area contributed by atoms with Crippen molar-refractivity contribution >= 4 is 0 Å². The van der Waals surface area contributed by atoms with E-state index in [0.29, 0.717) is 12.6 Å². The van der Waals surface area contributed by atoms with Crippen molar-refractivity contribution in [2.24, 2.45) is 0 Å². The molecular weight excluding hydrogens is 155 g/mol. The largest absolute Gasteiger partial charge is 0.311 e. The minimum absolute atomic E-state index is 0.331. The van der Waals surface area contributed by atoms with Crippen molar-refractivity contribution in [2.75, 3.05) is 19.6 Å². The van der Waals surface area contributed by atoms with Gasteiger partial charge in [-0.1, -0.05) is 13.8 Å². The molecule has 0 radical (unpaired) electrons. The van der Waals surface area contributed by atoms with Gasteiger partial charge in [-0.05, 0) is 13.8 Å². The second-order valence-corrected chi connectivity index (χ2v) is 2.97. The Balaban J connectivity index is 0.000000561. The number of nitrogens with one attached hydrogen (secondary N) is 1. The number of piperazine rings is 1. The van der Waals surface area contributed by atoms with E-state index in [1.54, 1.807) is 0 Å². The van der Waals surface area contributed by atoms with Crippen LogP contribution in [0.2, 0.25) is 0 Å². The monoisotopic (exact) mass is 176 g/mol. The lowest BCUT2D eigenvalue weighted by atomic mass is 10.2. The molecule has 0 aromatic rings. The number of hydrogen-bond acceptors (Lipinski definition) is 2. The van der Waals surface area contributed by atoms with E-state index in [9.17, 15) is 4.39 Å². The SMILES string of the molecule is CC.CC(C)N1CCNCC1F. The molecule has 1 rings (SSSR count). The number of nitrogens with zero attached hydrogens (tertiary/aromatic N) is 1. The van der Waals surface area contributed by atoms with Gasteiger partial charge in [-0.3, -0.25) is 4.90 Å². The molecule has 1 atom stereocenters. The van der Waals surface area contributed by atoms with Gasteiger partial charge in [-0.15, -0.1) is 0 Å². The first kappa shape index (κ1) is 11.8. The van der Waals surface area contributed by atoms with Crippen LogP contribution in [0.15, 0.2) is 0 Å². The number of alkyl halides is 1. The molecule has 1 saturated heterocycles. The van der Waals surface area contributed by atoms with Crippen LogP contribution in [0.5, 0.6) is 0 Å². The summed E-state index contributed by atoms with van der Waals surface area (Å²) in [6, 6.07) is 0.331. The Labute approximate surface area is 75.1 Å². The van der Waals surface area contributed by atoms with E-state index < -0.39 is 6.30 Å². The van der Waals surface area contributed by atoms with Crippen LogP contribution < -0.4 is 5.32 Å². The molecule has 1 unspecified atom stereocenters. The molecule has 12 heavy (non-hydrogen) atoms. The summed E-state index contributed by atoms with van der Waals surface area (Å²) in [4.78, 5) is 1.87. The Morgan fingerprint density at radius 3 is 2.33 bits per heavy atom. The third-order valence-corrected chi connectivity index (χ3v) is 1.88. The molecule has 1 fully saturated rings. The fraction of sp³-hybridized carbons (Fsp3) is 1.00. The first-order valence-corrected chi connectivity index (χ1v) is 4.82. The van der Waals surface area contributed by atoms with Gasteiger partial charge in [0.1, 0.15) is 0 Å². The minimum atomic E-state index is -0.784. The van der Waals surface area contributed by atoms with E-state index >= 15 is 0 Å². The summed E-state index contributed by atoms with van der Waals surface area (Å²) < 4.78 is 13.0. The highest BCUT2D eigenvalue weighted by atomic mass is 19.1. The van der Waals surface area contributed by atoms with Crippen LogP contribution in [0.1, 0.15) is 27.7 Å². The molecule has 0 bridgehead atoms. The van der Waals surface area contributed by atoms with Crippen LogP contribution in [-0.2, 0) is 0 Å². The summed E-state index contributed by atoms with van der Waals surface area (Å²) in [6.45, 7) is 10.3. The third kappa shape index (κ3) is 3.50. The lowest BCUT2D eigenvalue weighted by molar-refractivity contribution is 0.0333. The third-order valence-electron chi connectivity index (χ3n) is 1.88. The molecule has 1 aliphatic heterocycles. The fourth-order valence-electron chi connectivity index (χ4n) is 1.27. The lowest BCUT2D eigenvalue weighted by Crippen LogP contribution is -2.51. The molecule has 2 nitrogen and oxygen atoms in total. The summed E-state index contributed by atoms with van der Waals surface area (Å²) in [5.41, 5.74) is 0. The Hall–Kier alpha value is -0.150. The van der Waals surface area contributed by atoms with E-state index in [1.165, 1.54) is 0 Å². The number of hydrogen-bond donors (Lipinski definition) is 1. The quantitative estimate of drug-likeness (QED) is 0.611. The van der Waals surface area contributed by atoms with Gasteiger partial charge in [-0.25, -0.2) is 4.39 Å². The highest BCUT2D eigenvalue weighted by Crippen LogP contribution is 2.08. The van der Waals surface area contributed by atoms with Gasteiger partial charge in [0, 0.05) is 25.7 Å². The van der Waals surface area contributed by atoms with E-state index in [0.717, 1.165) is 13.1 Å². The van der Waals surface area contributed by atoms with Crippen molar-refractivity contribution in [3.05, 3.63) is 0 Å². The minimum Gasteiger partial charge on any atom is -0.311 e. The van der Waals surface area contributed by atoms with Gasteiger partial charge < -0.3 is 5.32 Å². The zero-order valence-corrected chi connectivity index (χ0v) is 8.60. The van der Waals surface area contributed by atoms with Gasteiger partial charge >= 0.3 is 0 Å². The molecule has 1 heterocycles. The molecule has 74 valence electrons. The maximum atomic E-state index is 13.0. The highest BCUT2D eigenvalue weighted by Gasteiger charge is 2.22. The van der Waals surface area contributed by atoms with Crippen LogP contribution in [0, 0.1) is 0 Å². The Morgan fingerprint density at radius 2 is 2.00 bits per heavy atom. The first-order chi connectivity index (χ1) is 5.72. The van der Waals surface area contributed by atoms with E-state index in [-0.39, 0.29) is 0 Å². The van der Waals surface area contributed by atoms with Gasteiger partial charge in [0.05, 0.1) is 0 Å². The fourth-order valence-corrected chi connectivity index (χ4v) is 1.27. The highest BCUT2D eigenvalue weighted by molar-refractivity contribution is 4.74. The van der Waals surface area contributed by atoms with E-state index in [4.69, 9.17) is 0 Å². The van der Waals surface area contributed by atoms with Crippen molar-refractivity contribution in [3.63, 3.8) is 0 Å². The summed E-state index contributed by atoms with van der Waals surface area (Å²) in [5.74, 6) is 0. The average Bonchev–Trinajstić information content (AvgIpc) is 2.08. The van der Waals surface area contributed by atoms with Crippen LogP contribution in [0.3, 0.4) is 0 Å². The topological polar surface area (TPSA) is 15.3 Å². The number of halogens is 1. The molecule has 0 amide bonds. The van der Waals surface area contributed by atoms with Crippen LogP contribution in [0.4, 0.5) is 4.39 Å². The van der Waals surface area contributed by atoms with Gasteiger partial charge in [-0.2, -0.15) is 0 Å². The lowest BCUT2D eigenvalue weighted by Gasteiger charge is -2.33. The van der Waals surface area contributed by atoms with Crippen molar-refractivity contribution in [2.45, 2.75) is 40.0 Å². The number of rotatable bonds is 1. The van der Waals surface area contributed by atoms with Crippen LogP contribution >= 0.6 is 0 Å². The smallest absolute Gasteiger partial charge is 0.166 e. The molecule has 0 aromatic carbocycles. The Morgan fingerprint density at radius 1 is 1.42 bits per heavy atom. The van der Waals surface area contributed by atoms with Crippen molar-refractivity contribution < 1.29 is 4.39 Å². The zero-order valence-electron chi connectivity index (χ0n) is 8.60. The van der Waals surface area contributed by atoms with Crippen molar-refractivity contribution in [1.29, 1.82) is 0 Å². The van der Waals surface area contributed by atoms with Gasteiger partial charge in [0.25, 0.3) is 0 Å². The molecule has 0 aromatic heterocycles.